The molecule has 198 valence electrons. The second kappa shape index (κ2) is 11.3. The molecule has 0 radical (unpaired) electrons. The Labute approximate surface area is 222 Å². The van der Waals surface area contributed by atoms with E-state index < -0.39 is 17.7 Å². The molecule has 4 rings (SSSR count). The molecule has 1 amide bonds. The highest BCUT2D eigenvalue weighted by molar-refractivity contribution is 6.51. The summed E-state index contributed by atoms with van der Waals surface area (Å²) in [5.41, 5.74) is 1.31. The lowest BCUT2D eigenvalue weighted by atomic mass is 9.94. The van der Waals surface area contributed by atoms with Gasteiger partial charge in [-0.15, -0.1) is 0 Å². The number of ether oxygens (including phenoxy) is 4. The highest BCUT2D eigenvalue weighted by atomic mass is 16.5. The van der Waals surface area contributed by atoms with Crippen molar-refractivity contribution in [3.8, 4) is 23.0 Å². The van der Waals surface area contributed by atoms with Crippen molar-refractivity contribution < 1.29 is 33.6 Å². The molecule has 8 heteroatoms. The normalized spacial score (nSPS) is 16.6. The van der Waals surface area contributed by atoms with Crippen LogP contribution in [-0.2, 0) is 9.59 Å². The average Bonchev–Trinajstić information content (AvgIpc) is 3.18. The zero-order chi connectivity index (χ0) is 27.4. The number of amides is 1. The smallest absolute Gasteiger partial charge is 0.300 e. The number of aliphatic hydroxyl groups excluding tert-OH is 1. The molecular weight excluding hydrogens is 486 g/mol. The highest BCUT2D eigenvalue weighted by Crippen LogP contribution is 2.44. The fourth-order valence-electron chi connectivity index (χ4n) is 4.47. The minimum atomic E-state index is -0.943. The largest absolute Gasteiger partial charge is 0.507 e. The van der Waals surface area contributed by atoms with E-state index in [0.29, 0.717) is 46.4 Å². The summed E-state index contributed by atoms with van der Waals surface area (Å²) < 4.78 is 22.3. The molecule has 0 aromatic heterocycles. The molecule has 0 spiro atoms. The van der Waals surface area contributed by atoms with Gasteiger partial charge in [0.1, 0.15) is 17.3 Å². The summed E-state index contributed by atoms with van der Waals surface area (Å²) in [6.45, 7) is 6.09. The standard InChI is InChI=1S/C30H31NO7/c1-6-37-22-11-8-10-21(17-22)31-27(19-13-14-24(35-4)25(16-19)36-5)26(29(33)30(31)34)28(32)20-9-7-12-23(15-20)38-18(2)3/h7-18,27,32H,6H2,1-5H3/b28-26-. The van der Waals surface area contributed by atoms with Crippen LogP contribution in [0, 0.1) is 0 Å². The molecule has 1 saturated heterocycles. The molecule has 1 aliphatic heterocycles. The monoisotopic (exact) mass is 517 g/mol. The van der Waals surface area contributed by atoms with Gasteiger partial charge in [-0.2, -0.15) is 0 Å². The predicted octanol–water partition coefficient (Wildman–Crippen LogP) is 5.52. The number of aliphatic hydroxyl groups is 1. The van der Waals surface area contributed by atoms with Crippen LogP contribution in [0.5, 0.6) is 23.0 Å². The lowest BCUT2D eigenvalue weighted by molar-refractivity contribution is -0.132. The number of hydrogen-bond donors (Lipinski definition) is 1. The van der Waals surface area contributed by atoms with Crippen LogP contribution < -0.4 is 23.8 Å². The van der Waals surface area contributed by atoms with Crippen LogP contribution in [-0.4, -0.2) is 43.7 Å². The van der Waals surface area contributed by atoms with Crippen LogP contribution in [0.1, 0.15) is 37.9 Å². The van der Waals surface area contributed by atoms with Crippen molar-refractivity contribution in [3.63, 3.8) is 0 Å². The molecule has 1 fully saturated rings. The van der Waals surface area contributed by atoms with Crippen molar-refractivity contribution in [2.45, 2.75) is 32.9 Å². The van der Waals surface area contributed by atoms with Gasteiger partial charge in [0.15, 0.2) is 11.5 Å². The van der Waals surface area contributed by atoms with Crippen molar-refractivity contribution in [1.29, 1.82) is 0 Å². The lowest BCUT2D eigenvalue weighted by Gasteiger charge is -2.26. The molecular formula is C30H31NO7. The van der Waals surface area contributed by atoms with Crippen LogP contribution in [0.4, 0.5) is 5.69 Å². The van der Waals surface area contributed by atoms with Crippen LogP contribution in [0.25, 0.3) is 5.76 Å². The molecule has 38 heavy (non-hydrogen) atoms. The van der Waals surface area contributed by atoms with Crippen LogP contribution in [0.2, 0.25) is 0 Å². The Bertz CT molecular complexity index is 1380. The number of anilines is 1. The van der Waals surface area contributed by atoms with Gasteiger partial charge in [-0.1, -0.05) is 24.3 Å². The Morgan fingerprint density at radius 3 is 2.32 bits per heavy atom. The number of ketones is 1. The molecule has 1 heterocycles. The summed E-state index contributed by atoms with van der Waals surface area (Å²) in [5.74, 6) is 0.118. The third kappa shape index (κ3) is 5.16. The molecule has 3 aromatic carbocycles. The molecule has 3 aromatic rings. The second-order valence-corrected chi connectivity index (χ2v) is 8.91. The first-order valence-electron chi connectivity index (χ1n) is 12.3. The van der Waals surface area contributed by atoms with Gasteiger partial charge >= 0.3 is 0 Å². The van der Waals surface area contributed by atoms with E-state index in [4.69, 9.17) is 18.9 Å². The number of carbonyl (C=O) groups is 2. The average molecular weight is 518 g/mol. The number of Topliss-reactive ketones (excluding diaryl/α,β-unsaturated/α-hetero) is 1. The second-order valence-electron chi connectivity index (χ2n) is 8.91. The molecule has 1 N–H and O–H groups in total. The Morgan fingerprint density at radius 1 is 0.921 bits per heavy atom. The van der Waals surface area contributed by atoms with E-state index in [1.54, 1.807) is 66.7 Å². The Kier molecular flexibility index (Phi) is 7.90. The molecule has 0 aliphatic carbocycles. The quantitative estimate of drug-likeness (QED) is 0.227. The van der Waals surface area contributed by atoms with Crippen molar-refractivity contribution in [1.82, 2.24) is 0 Å². The summed E-state index contributed by atoms with van der Waals surface area (Å²) in [5, 5.41) is 11.5. The van der Waals surface area contributed by atoms with Gasteiger partial charge in [-0.3, -0.25) is 14.5 Å². The van der Waals surface area contributed by atoms with Crippen LogP contribution >= 0.6 is 0 Å². The summed E-state index contributed by atoms with van der Waals surface area (Å²) in [7, 11) is 3.03. The first-order valence-corrected chi connectivity index (χ1v) is 12.3. The maximum Gasteiger partial charge on any atom is 0.300 e. The Hall–Kier alpha value is -4.46. The zero-order valence-electron chi connectivity index (χ0n) is 22.1. The number of nitrogens with zero attached hydrogens (tertiary/aromatic N) is 1. The first-order chi connectivity index (χ1) is 18.3. The highest BCUT2D eigenvalue weighted by Gasteiger charge is 2.47. The van der Waals surface area contributed by atoms with E-state index in [1.807, 2.05) is 20.8 Å². The van der Waals surface area contributed by atoms with E-state index in [2.05, 4.69) is 0 Å². The van der Waals surface area contributed by atoms with E-state index in [-0.39, 0.29) is 17.4 Å². The summed E-state index contributed by atoms with van der Waals surface area (Å²) in [6, 6.07) is 17.9. The summed E-state index contributed by atoms with van der Waals surface area (Å²) in [6.07, 6.45) is -0.0812. The maximum atomic E-state index is 13.5. The van der Waals surface area contributed by atoms with Crippen LogP contribution in [0.15, 0.2) is 72.3 Å². The maximum absolute atomic E-state index is 13.5. The van der Waals surface area contributed by atoms with E-state index >= 15 is 0 Å². The first kappa shape index (κ1) is 26.6. The molecule has 0 saturated carbocycles. The Morgan fingerprint density at radius 2 is 1.63 bits per heavy atom. The number of rotatable bonds is 9. The molecule has 1 aliphatic rings. The minimum Gasteiger partial charge on any atom is -0.507 e. The van der Waals surface area contributed by atoms with Crippen molar-refractivity contribution in [2.75, 3.05) is 25.7 Å². The number of hydrogen-bond acceptors (Lipinski definition) is 7. The van der Waals surface area contributed by atoms with E-state index in [0.717, 1.165) is 0 Å². The van der Waals surface area contributed by atoms with Crippen molar-refractivity contribution in [2.24, 2.45) is 0 Å². The molecule has 1 unspecified atom stereocenters. The number of carbonyl (C=O) groups excluding carboxylic acids is 2. The van der Waals surface area contributed by atoms with Crippen molar-refractivity contribution >= 4 is 23.1 Å². The Balaban J connectivity index is 1.93. The van der Waals surface area contributed by atoms with Gasteiger partial charge in [0, 0.05) is 17.3 Å². The fraction of sp³-hybridized carbons (Fsp3) is 0.267. The third-order valence-corrected chi connectivity index (χ3v) is 6.05. The fourth-order valence-corrected chi connectivity index (χ4v) is 4.47. The number of methoxy groups -OCH3 is 2. The SMILES string of the molecule is CCOc1cccc(N2C(=O)C(=O)/C(=C(\O)c3cccc(OC(C)C)c3)C2c2ccc(OC)c(OC)c2)c1. The minimum absolute atomic E-state index is 0.0503. The molecule has 1 atom stereocenters. The van der Waals surface area contributed by atoms with Crippen LogP contribution in [0.3, 0.4) is 0 Å². The van der Waals surface area contributed by atoms with Crippen molar-refractivity contribution in [3.05, 3.63) is 83.4 Å². The van der Waals surface area contributed by atoms with Gasteiger partial charge < -0.3 is 24.1 Å². The lowest BCUT2D eigenvalue weighted by Crippen LogP contribution is -2.29. The van der Waals surface area contributed by atoms with Gasteiger partial charge in [-0.25, -0.2) is 0 Å². The zero-order valence-corrected chi connectivity index (χ0v) is 22.1. The van der Waals surface area contributed by atoms with Gasteiger partial charge in [0.2, 0.25) is 0 Å². The van der Waals surface area contributed by atoms with E-state index in [9.17, 15) is 14.7 Å². The molecule has 8 nitrogen and oxygen atoms in total. The van der Waals surface area contributed by atoms with Gasteiger partial charge in [0.25, 0.3) is 11.7 Å². The van der Waals surface area contributed by atoms with Gasteiger partial charge in [0.05, 0.1) is 38.5 Å². The number of benzene rings is 3. The predicted molar refractivity (Wildman–Crippen MR) is 144 cm³/mol. The summed E-state index contributed by atoms with van der Waals surface area (Å²) in [4.78, 5) is 28.4. The van der Waals surface area contributed by atoms with E-state index in [1.165, 1.54) is 19.1 Å². The summed E-state index contributed by atoms with van der Waals surface area (Å²) >= 11 is 0. The molecule has 0 bridgehead atoms. The topological polar surface area (TPSA) is 94.5 Å². The van der Waals surface area contributed by atoms with Gasteiger partial charge in [-0.05, 0) is 62.7 Å². The third-order valence-electron chi connectivity index (χ3n) is 6.05.